The molecule has 0 aromatic heterocycles. The van der Waals surface area contributed by atoms with Crippen molar-refractivity contribution in [1.29, 1.82) is 5.26 Å². The summed E-state index contributed by atoms with van der Waals surface area (Å²) in [5.74, 6) is 0.177. The summed E-state index contributed by atoms with van der Waals surface area (Å²) in [6.45, 7) is 5.92. The number of aryl methyl sites for hydroxylation is 3. The van der Waals surface area contributed by atoms with E-state index in [1.807, 2.05) is 26.8 Å². The highest BCUT2D eigenvalue weighted by Crippen LogP contribution is 2.14. The molecule has 24 heavy (non-hydrogen) atoms. The van der Waals surface area contributed by atoms with Crippen molar-refractivity contribution in [1.82, 2.24) is 5.43 Å². The largest absolute Gasteiger partial charge is 0.484 e. The average molecular weight is 321 g/mol. The number of carbonyl (C=O) groups is 1. The second-order valence-corrected chi connectivity index (χ2v) is 5.53. The molecule has 2 aromatic carbocycles. The summed E-state index contributed by atoms with van der Waals surface area (Å²) < 4.78 is 5.34. The van der Waals surface area contributed by atoms with Gasteiger partial charge in [-0.2, -0.15) is 10.4 Å². The number of carbonyl (C=O) groups excluding carboxylic acids is 1. The van der Waals surface area contributed by atoms with Gasteiger partial charge in [0.15, 0.2) is 6.61 Å². The van der Waals surface area contributed by atoms with Crippen LogP contribution in [0, 0.1) is 32.1 Å². The van der Waals surface area contributed by atoms with E-state index in [1.54, 1.807) is 30.5 Å². The van der Waals surface area contributed by atoms with E-state index in [2.05, 4.69) is 22.7 Å². The van der Waals surface area contributed by atoms with Crippen LogP contribution < -0.4 is 10.2 Å². The van der Waals surface area contributed by atoms with E-state index >= 15 is 0 Å². The minimum Gasteiger partial charge on any atom is -0.484 e. The molecule has 0 aliphatic carbocycles. The highest BCUT2D eigenvalue weighted by molar-refractivity contribution is 5.85. The minimum atomic E-state index is -0.349. The standard InChI is InChI=1S/C19H19N3O2/c1-13-8-14(2)18(15(3)9-13)11-21-22-19(23)12-24-17-6-4-16(10-20)5-7-17/h4-9,11H,12H2,1-3H3,(H,22,23)/b21-11+. The monoisotopic (exact) mass is 321 g/mol. The first-order chi connectivity index (χ1) is 11.5. The molecule has 0 atom stereocenters. The predicted octanol–water partition coefficient (Wildman–Crippen LogP) is 3.01. The summed E-state index contributed by atoms with van der Waals surface area (Å²) in [6, 6.07) is 12.7. The van der Waals surface area contributed by atoms with Crippen LogP contribution in [0.15, 0.2) is 41.5 Å². The highest BCUT2D eigenvalue weighted by Gasteiger charge is 2.03. The molecule has 0 spiro atoms. The Hall–Kier alpha value is -3.13. The summed E-state index contributed by atoms with van der Waals surface area (Å²) >= 11 is 0. The first-order valence-corrected chi connectivity index (χ1v) is 7.52. The van der Waals surface area contributed by atoms with Crippen LogP contribution in [0.2, 0.25) is 0 Å². The maximum Gasteiger partial charge on any atom is 0.277 e. The van der Waals surface area contributed by atoms with Crippen molar-refractivity contribution < 1.29 is 9.53 Å². The van der Waals surface area contributed by atoms with E-state index in [9.17, 15) is 4.79 Å². The molecule has 5 heteroatoms. The Morgan fingerprint density at radius 2 is 1.83 bits per heavy atom. The molecule has 2 rings (SSSR count). The molecular formula is C19H19N3O2. The molecule has 122 valence electrons. The van der Waals surface area contributed by atoms with E-state index in [-0.39, 0.29) is 12.5 Å². The molecule has 0 aliphatic heterocycles. The Morgan fingerprint density at radius 1 is 1.21 bits per heavy atom. The SMILES string of the molecule is Cc1cc(C)c(/C=N/NC(=O)COc2ccc(C#N)cc2)c(C)c1. The fourth-order valence-electron chi connectivity index (χ4n) is 2.37. The van der Waals surface area contributed by atoms with Crippen LogP contribution in [-0.4, -0.2) is 18.7 Å². The van der Waals surface area contributed by atoms with Crippen LogP contribution in [0.4, 0.5) is 0 Å². The summed E-state index contributed by atoms with van der Waals surface area (Å²) in [6.07, 6.45) is 1.64. The number of benzene rings is 2. The maximum absolute atomic E-state index is 11.8. The van der Waals surface area contributed by atoms with E-state index in [1.165, 1.54) is 5.56 Å². The van der Waals surface area contributed by atoms with Crippen molar-refractivity contribution in [2.75, 3.05) is 6.61 Å². The Kier molecular flexibility index (Phi) is 5.69. The van der Waals surface area contributed by atoms with Gasteiger partial charge in [-0.25, -0.2) is 5.43 Å². The minimum absolute atomic E-state index is 0.144. The van der Waals surface area contributed by atoms with Crippen molar-refractivity contribution in [3.05, 3.63) is 64.2 Å². The second-order valence-electron chi connectivity index (χ2n) is 5.53. The third-order valence-electron chi connectivity index (χ3n) is 3.47. The van der Waals surface area contributed by atoms with Gasteiger partial charge in [0, 0.05) is 5.56 Å². The van der Waals surface area contributed by atoms with Crippen molar-refractivity contribution >= 4 is 12.1 Å². The molecular weight excluding hydrogens is 302 g/mol. The summed E-state index contributed by atoms with van der Waals surface area (Å²) in [4.78, 5) is 11.8. The molecule has 0 fully saturated rings. The van der Waals surface area contributed by atoms with Gasteiger partial charge in [-0.1, -0.05) is 17.7 Å². The molecule has 0 bridgehead atoms. The van der Waals surface area contributed by atoms with Crippen molar-refractivity contribution in [2.45, 2.75) is 20.8 Å². The Labute approximate surface area is 141 Å². The Bertz CT molecular complexity index is 779. The van der Waals surface area contributed by atoms with Gasteiger partial charge in [0.2, 0.25) is 0 Å². The number of hydrazone groups is 1. The first kappa shape index (κ1) is 17.2. The lowest BCUT2D eigenvalue weighted by atomic mass is 10.0. The van der Waals surface area contributed by atoms with Gasteiger partial charge >= 0.3 is 0 Å². The molecule has 1 amide bonds. The van der Waals surface area contributed by atoms with Crippen molar-refractivity contribution in [3.63, 3.8) is 0 Å². The molecule has 0 saturated heterocycles. The number of nitrogens with one attached hydrogen (secondary N) is 1. The van der Waals surface area contributed by atoms with Gasteiger partial charge in [-0.05, 0) is 56.2 Å². The summed E-state index contributed by atoms with van der Waals surface area (Å²) in [5.41, 5.74) is 7.40. The van der Waals surface area contributed by atoms with Crippen LogP contribution in [-0.2, 0) is 4.79 Å². The molecule has 0 saturated carbocycles. The summed E-state index contributed by atoms with van der Waals surface area (Å²) in [7, 11) is 0. The Balaban J connectivity index is 1.88. The van der Waals surface area contributed by atoms with Gasteiger partial charge in [0.05, 0.1) is 17.8 Å². The van der Waals surface area contributed by atoms with Crippen molar-refractivity contribution in [2.24, 2.45) is 5.10 Å². The van der Waals surface area contributed by atoms with Crippen LogP contribution in [0.3, 0.4) is 0 Å². The molecule has 1 N–H and O–H groups in total. The van der Waals surface area contributed by atoms with Crippen LogP contribution in [0.25, 0.3) is 0 Å². The van der Waals surface area contributed by atoms with Crippen LogP contribution >= 0.6 is 0 Å². The van der Waals surface area contributed by atoms with E-state index < -0.39 is 0 Å². The van der Waals surface area contributed by atoms with Gasteiger partial charge in [0.1, 0.15) is 5.75 Å². The van der Waals surface area contributed by atoms with Gasteiger partial charge in [-0.15, -0.1) is 0 Å². The number of nitrogens with zero attached hydrogens (tertiary/aromatic N) is 2. The average Bonchev–Trinajstić information content (AvgIpc) is 2.55. The van der Waals surface area contributed by atoms with E-state index in [4.69, 9.17) is 10.00 Å². The topological polar surface area (TPSA) is 74.5 Å². The normalized spacial score (nSPS) is 10.4. The van der Waals surface area contributed by atoms with Gasteiger partial charge in [-0.3, -0.25) is 4.79 Å². The third-order valence-corrected chi connectivity index (χ3v) is 3.47. The van der Waals surface area contributed by atoms with Crippen LogP contribution in [0.1, 0.15) is 27.8 Å². The van der Waals surface area contributed by atoms with E-state index in [0.29, 0.717) is 11.3 Å². The molecule has 0 heterocycles. The molecule has 2 aromatic rings. The lowest BCUT2D eigenvalue weighted by Crippen LogP contribution is -2.24. The lowest BCUT2D eigenvalue weighted by molar-refractivity contribution is -0.123. The van der Waals surface area contributed by atoms with E-state index in [0.717, 1.165) is 16.7 Å². The number of hydrogen-bond donors (Lipinski definition) is 1. The summed E-state index contributed by atoms with van der Waals surface area (Å²) in [5, 5.41) is 12.7. The zero-order chi connectivity index (χ0) is 17.5. The second kappa shape index (κ2) is 7.93. The Morgan fingerprint density at radius 3 is 2.42 bits per heavy atom. The fraction of sp³-hybridized carbons (Fsp3) is 0.211. The third kappa shape index (κ3) is 4.68. The highest BCUT2D eigenvalue weighted by atomic mass is 16.5. The smallest absolute Gasteiger partial charge is 0.277 e. The number of ether oxygens (including phenoxy) is 1. The molecule has 5 nitrogen and oxygen atoms in total. The van der Waals surface area contributed by atoms with Crippen molar-refractivity contribution in [3.8, 4) is 11.8 Å². The maximum atomic E-state index is 11.8. The lowest BCUT2D eigenvalue weighted by Gasteiger charge is -2.07. The quantitative estimate of drug-likeness (QED) is 0.679. The molecule has 0 radical (unpaired) electrons. The molecule has 0 unspecified atom stereocenters. The predicted molar refractivity (Wildman–Crippen MR) is 93.0 cm³/mol. The van der Waals surface area contributed by atoms with Crippen LogP contribution in [0.5, 0.6) is 5.75 Å². The number of nitriles is 1. The zero-order valence-electron chi connectivity index (χ0n) is 14.0. The fourth-order valence-corrected chi connectivity index (χ4v) is 2.37. The molecule has 0 aliphatic rings. The van der Waals surface area contributed by atoms with Gasteiger partial charge < -0.3 is 4.74 Å². The number of amides is 1. The zero-order valence-corrected chi connectivity index (χ0v) is 14.0. The van der Waals surface area contributed by atoms with Gasteiger partial charge in [0.25, 0.3) is 5.91 Å². The number of hydrogen-bond acceptors (Lipinski definition) is 4. The first-order valence-electron chi connectivity index (χ1n) is 7.52. The number of rotatable bonds is 5.